The number of urea groups is 1. The van der Waals surface area contributed by atoms with Gasteiger partial charge in [0.15, 0.2) is 0 Å². The van der Waals surface area contributed by atoms with Crippen LogP contribution in [0.25, 0.3) is 0 Å². The Kier molecular flexibility index (Phi) is 8.39. The van der Waals surface area contributed by atoms with E-state index < -0.39 is 27.6 Å². The number of amides is 2. The van der Waals surface area contributed by atoms with Crippen molar-refractivity contribution in [2.24, 2.45) is 0 Å². The molecule has 0 unspecified atom stereocenters. The van der Waals surface area contributed by atoms with Crippen LogP contribution in [0, 0.1) is 0 Å². The van der Waals surface area contributed by atoms with Crippen LogP contribution in [0.2, 0.25) is 5.02 Å². The lowest BCUT2D eigenvalue weighted by Gasteiger charge is -2.22. The number of nitrogens with one attached hydrogen (secondary N) is 2. The Balaban J connectivity index is 2.46. The van der Waals surface area contributed by atoms with Crippen molar-refractivity contribution in [2.75, 3.05) is 12.4 Å². The van der Waals surface area contributed by atoms with Crippen molar-refractivity contribution >= 4 is 39.3 Å². The number of anilines is 1. The third-order valence-corrected chi connectivity index (χ3v) is 6.75. The monoisotopic (exact) mass is 510 g/mol. The van der Waals surface area contributed by atoms with Gasteiger partial charge < -0.3 is 15.2 Å². The zero-order valence-corrected chi connectivity index (χ0v) is 21.9. The molecule has 0 heterocycles. The average molecular weight is 511 g/mol. The molecule has 8 nitrogen and oxygen atoms in total. The molecule has 0 aliphatic rings. The highest BCUT2D eigenvalue weighted by Crippen LogP contribution is 2.34. The molecule has 0 saturated carbocycles. The summed E-state index contributed by atoms with van der Waals surface area (Å²) in [6, 6.07) is 6.17. The van der Waals surface area contributed by atoms with Crippen molar-refractivity contribution in [1.29, 1.82) is 0 Å². The first kappa shape index (κ1) is 27.6. The molecule has 0 saturated heterocycles. The quantitative estimate of drug-likeness (QED) is 0.445. The summed E-state index contributed by atoms with van der Waals surface area (Å²) in [6.07, 6.45) is 0. The van der Waals surface area contributed by atoms with Gasteiger partial charge in [0.05, 0.1) is 23.2 Å². The maximum absolute atomic E-state index is 12.9. The molecule has 0 aliphatic heterocycles. The van der Waals surface area contributed by atoms with Gasteiger partial charge in [0.25, 0.3) is 10.0 Å². The molecule has 2 aromatic rings. The van der Waals surface area contributed by atoms with E-state index in [2.05, 4.69) is 5.32 Å². The zero-order valence-electron chi connectivity index (χ0n) is 20.3. The van der Waals surface area contributed by atoms with Crippen LogP contribution in [-0.4, -0.2) is 32.6 Å². The normalized spacial score (nSPS) is 12.1. The maximum Gasteiger partial charge on any atom is 0.337 e. The molecule has 10 heteroatoms. The molecule has 0 aromatic heterocycles. The topological polar surface area (TPSA) is 122 Å². The van der Waals surface area contributed by atoms with E-state index in [-0.39, 0.29) is 27.3 Å². The smallest absolute Gasteiger partial charge is 0.337 e. The van der Waals surface area contributed by atoms with Crippen LogP contribution in [0.4, 0.5) is 10.5 Å². The lowest BCUT2D eigenvalue weighted by Crippen LogP contribution is -2.35. The fourth-order valence-electron chi connectivity index (χ4n) is 3.37. The molecule has 186 valence electrons. The van der Waals surface area contributed by atoms with E-state index in [1.165, 1.54) is 39.2 Å². The van der Waals surface area contributed by atoms with Gasteiger partial charge in [-0.3, -0.25) is 0 Å². The summed E-state index contributed by atoms with van der Waals surface area (Å²) < 4.78 is 32.7. The van der Waals surface area contributed by atoms with Crippen LogP contribution in [-0.2, 0) is 20.4 Å². The van der Waals surface area contributed by atoms with Crippen molar-refractivity contribution in [3.63, 3.8) is 0 Å². The van der Waals surface area contributed by atoms with Crippen LogP contribution in [0.3, 0.4) is 0 Å². The SMILES string of the molecule is COC(=O)c1cc(C(C)C)c(NC(=O)NS(=O)(=O)c2cc(Cl)cc(C(C)(C)O)c2)c(C(C)C)c1. The molecule has 0 aliphatic carbocycles. The van der Waals surface area contributed by atoms with Crippen molar-refractivity contribution < 1.29 is 27.9 Å². The number of methoxy groups -OCH3 is 1. The molecular formula is C24H31ClN2O6S. The van der Waals surface area contributed by atoms with Crippen LogP contribution in [0.15, 0.2) is 35.2 Å². The Morgan fingerprint density at radius 3 is 1.97 bits per heavy atom. The second-order valence-electron chi connectivity index (χ2n) is 9.12. The average Bonchev–Trinajstić information content (AvgIpc) is 2.71. The Morgan fingerprint density at radius 1 is 1.00 bits per heavy atom. The number of esters is 1. The van der Waals surface area contributed by atoms with Gasteiger partial charge >= 0.3 is 12.0 Å². The summed E-state index contributed by atoms with van der Waals surface area (Å²) in [7, 11) is -3.02. The summed E-state index contributed by atoms with van der Waals surface area (Å²) in [5.41, 5.74) is 1.03. The lowest BCUT2D eigenvalue weighted by molar-refractivity contribution is 0.0600. The number of hydrogen-bond donors (Lipinski definition) is 3. The number of rotatable bonds is 7. The molecule has 2 aromatic carbocycles. The first-order valence-corrected chi connectivity index (χ1v) is 12.6. The molecule has 0 spiro atoms. The first-order chi connectivity index (χ1) is 15.6. The van der Waals surface area contributed by atoms with Crippen molar-refractivity contribution in [3.05, 3.63) is 57.6 Å². The largest absolute Gasteiger partial charge is 0.465 e. The van der Waals surface area contributed by atoms with Crippen LogP contribution >= 0.6 is 11.6 Å². The van der Waals surface area contributed by atoms with E-state index in [0.717, 1.165) is 0 Å². The number of carbonyl (C=O) groups excluding carboxylic acids is 2. The van der Waals surface area contributed by atoms with E-state index >= 15 is 0 Å². The minimum atomic E-state index is -4.31. The predicted molar refractivity (Wildman–Crippen MR) is 132 cm³/mol. The van der Waals surface area contributed by atoms with E-state index in [4.69, 9.17) is 16.3 Å². The highest BCUT2D eigenvalue weighted by Gasteiger charge is 2.25. The second-order valence-corrected chi connectivity index (χ2v) is 11.2. The summed E-state index contributed by atoms with van der Waals surface area (Å²) >= 11 is 6.05. The Bertz CT molecular complexity index is 1170. The molecule has 2 rings (SSSR count). The van der Waals surface area contributed by atoms with Crippen molar-refractivity contribution in [1.82, 2.24) is 4.72 Å². The fraction of sp³-hybridized carbons (Fsp3) is 0.417. The van der Waals surface area contributed by atoms with Gasteiger partial charge in [0.2, 0.25) is 0 Å². The standard InChI is InChI=1S/C24H31ClN2O6S/c1-13(2)19-8-15(22(28)33-7)9-20(14(3)4)21(19)26-23(29)27-34(31,32)18-11-16(24(5,6)30)10-17(25)12-18/h8-14,30H,1-7H3,(H2,26,27,29). The van der Waals surface area contributed by atoms with Gasteiger partial charge in [-0.25, -0.2) is 22.7 Å². The minimum Gasteiger partial charge on any atom is -0.465 e. The third-order valence-electron chi connectivity index (χ3n) is 5.22. The maximum atomic E-state index is 12.9. The highest BCUT2D eigenvalue weighted by atomic mass is 35.5. The number of benzene rings is 2. The van der Waals surface area contributed by atoms with Crippen molar-refractivity contribution in [2.45, 2.75) is 63.9 Å². The van der Waals surface area contributed by atoms with E-state index in [0.29, 0.717) is 22.4 Å². The minimum absolute atomic E-state index is 0.0868. The van der Waals surface area contributed by atoms with Gasteiger partial charge in [-0.1, -0.05) is 39.3 Å². The summed E-state index contributed by atoms with van der Waals surface area (Å²) in [5.74, 6) is -0.682. The Labute approximate surface area is 205 Å². The zero-order chi connectivity index (χ0) is 26.0. The summed E-state index contributed by atoms with van der Waals surface area (Å²) in [6.45, 7) is 10.6. The van der Waals surface area contributed by atoms with E-state index in [1.54, 1.807) is 12.1 Å². The molecule has 0 bridgehead atoms. The number of aliphatic hydroxyl groups is 1. The van der Waals surface area contributed by atoms with E-state index in [1.807, 2.05) is 32.4 Å². The predicted octanol–water partition coefficient (Wildman–Crippen LogP) is 5.11. The van der Waals surface area contributed by atoms with Gasteiger partial charge in [-0.2, -0.15) is 0 Å². The molecule has 3 N–H and O–H groups in total. The number of carbonyl (C=O) groups is 2. The lowest BCUT2D eigenvalue weighted by atomic mass is 9.90. The van der Waals surface area contributed by atoms with Gasteiger partial charge in [-0.15, -0.1) is 0 Å². The molecule has 34 heavy (non-hydrogen) atoms. The molecule has 0 radical (unpaired) electrons. The number of sulfonamides is 1. The molecule has 0 atom stereocenters. The van der Waals surface area contributed by atoms with Gasteiger partial charge in [-0.05, 0) is 72.7 Å². The van der Waals surface area contributed by atoms with Crippen LogP contribution in [0.5, 0.6) is 0 Å². The van der Waals surface area contributed by atoms with Gasteiger partial charge in [0, 0.05) is 10.7 Å². The third kappa shape index (κ3) is 6.49. The number of ether oxygens (including phenoxy) is 1. The second kappa shape index (κ2) is 10.3. The highest BCUT2D eigenvalue weighted by molar-refractivity contribution is 7.90. The first-order valence-electron chi connectivity index (χ1n) is 10.7. The molecule has 2 amide bonds. The summed E-state index contributed by atoms with van der Waals surface area (Å²) in [4.78, 5) is 24.7. The number of halogens is 1. The Morgan fingerprint density at radius 2 is 1.53 bits per heavy atom. The van der Waals surface area contributed by atoms with Crippen LogP contribution in [0.1, 0.15) is 80.4 Å². The number of hydrogen-bond acceptors (Lipinski definition) is 6. The van der Waals surface area contributed by atoms with E-state index in [9.17, 15) is 23.1 Å². The fourth-order valence-corrected chi connectivity index (χ4v) is 4.65. The van der Waals surface area contributed by atoms with Crippen molar-refractivity contribution in [3.8, 4) is 0 Å². The molecular weight excluding hydrogens is 480 g/mol. The van der Waals surface area contributed by atoms with Gasteiger partial charge in [0.1, 0.15) is 0 Å². The Hall–Kier alpha value is -2.62. The molecule has 0 fully saturated rings. The summed E-state index contributed by atoms with van der Waals surface area (Å²) in [5, 5.41) is 13.0. The van der Waals surface area contributed by atoms with Crippen LogP contribution < -0.4 is 10.0 Å².